The van der Waals surface area contributed by atoms with Crippen LogP contribution in [-0.4, -0.2) is 32.7 Å². The molecular formula is C13H19N5O. The highest BCUT2D eigenvalue weighted by Crippen LogP contribution is 2.11. The molecular weight excluding hydrogens is 242 g/mol. The Morgan fingerprint density at radius 3 is 2.95 bits per heavy atom. The van der Waals surface area contributed by atoms with E-state index in [1.54, 1.807) is 6.20 Å². The summed E-state index contributed by atoms with van der Waals surface area (Å²) in [5.74, 6) is 2.43. The van der Waals surface area contributed by atoms with Crippen molar-refractivity contribution < 1.29 is 4.74 Å². The largest absolute Gasteiger partial charge is 0.478 e. The van der Waals surface area contributed by atoms with Crippen LogP contribution in [0.3, 0.4) is 0 Å². The number of imidazole rings is 1. The lowest BCUT2D eigenvalue weighted by Crippen LogP contribution is -2.10. The molecule has 0 aliphatic rings. The van der Waals surface area contributed by atoms with Crippen molar-refractivity contribution >= 4 is 5.82 Å². The third-order valence-electron chi connectivity index (χ3n) is 2.67. The second-order valence-corrected chi connectivity index (χ2v) is 4.22. The van der Waals surface area contributed by atoms with E-state index in [0.29, 0.717) is 12.5 Å². The molecule has 0 spiro atoms. The first kappa shape index (κ1) is 13.3. The fourth-order valence-electron chi connectivity index (χ4n) is 1.66. The second kappa shape index (κ2) is 6.72. The van der Waals surface area contributed by atoms with Crippen LogP contribution in [0.4, 0.5) is 5.82 Å². The predicted molar refractivity (Wildman–Crippen MR) is 73.2 cm³/mol. The molecule has 102 valence electrons. The molecule has 0 bridgehead atoms. The average molecular weight is 261 g/mol. The smallest absolute Gasteiger partial charge is 0.218 e. The van der Waals surface area contributed by atoms with Crippen LogP contribution >= 0.6 is 0 Å². The quantitative estimate of drug-likeness (QED) is 0.821. The molecule has 0 amide bonds. The number of hydrogen-bond donors (Lipinski definition) is 1. The highest BCUT2D eigenvalue weighted by molar-refractivity contribution is 5.37. The summed E-state index contributed by atoms with van der Waals surface area (Å²) >= 11 is 0. The molecule has 2 rings (SSSR count). The lowest BCUT2D eigenvalue weighted by atomic mass is 10.4. The van der Waals surface area contributed by atoms with Crippen molar-refractivity contribution in [3.63, 3.8) is 0 Å². The Labute approximate surface area is 112 Å². The molecule has 0 radical (unpaired) electrons. The summed E-state index contributed by atoms with van der Waals surface area (Å²) in [7, 11) is 1.99. The molecule has 0 saturated heterocycles. The summed E-state index contributed by atoms with van der Waals surface area (Å²) in [6, 6.07) is 1.81. The van der Waals surface area contributed by atoms with Gasteiger partial charge in [0.15, 0.2) is 0 Å². The fraction of sp³-hybridized carbons (Fsp3) is 0.462. The molecule has 0 aliphatic heterocycles. The first-order chi connectivity index (χ1) is 9.29. The van der Waals surface area contributed by atoms with E-state index in [1.807, 2.05) is 23.9 Å². The summed E-state index contributed by atoms with van der Waals surface area (Å²) in [6.45, 7) is 3.51. The van der Waals surface area contributed by atoms with Crippen LogP contribution in [0.15, 0.2) is 24.8 Å². The molecule has 6 nitrogen and oxygen atoms in total. The van der Waals surface area contributed by atoms with Crippen LogP contribution < -0.4 is 10.1 Å². The molecule has 0 fully saturated rings. The minimum atomic E-state index is 0.608. The number of aromatic nitrogens is 4. The number of ether oxygens (including phenoxy) is 1. The van der Waals surface area contributed by atoms with Crippen LogP contribution in [0.1, 0.15) is 19.2 Å². The summed E-state index contributed by atoms with van der Waals surface area (Å²) in [5, 5.41) is 3.24. The first-order valence-electron chi connectivity index (χ1n) is 6.44. The molecule has 0 aromatic carbocycles. The van der Waals surface area contributed by atoms with Gasteiger partial charge in [0.05, 0.1) is 6.61 Å². The Morgan fingerprint density at radius 1 is 1.32 bits per heavy atom. The molecule has 19 heavy (non-hydrogen) atoms. The lowest BCUT2D eigenvalue weighted by molar-refractivity contribution is 0.305. The van der Waals surface area contributed by atoms with E-state index in [1.165, 1.54) is 6.33 Å². The van der Waals surface area contributed by atoms with Gasteiger partial charge in [-0.05, 0) is 6.42 Å². The second-order valence-electron chi connectivity index (χ2n) is 4.22. The van der Waals surface area contributed by atoms with E-state index in [-0.39, 0.29) is 0 Å². The average Bonchev–Trinajstić information content (AvgIpc) is 2.83. The van der Waals surface area contributed by atoms with E-state index in [0.717, 1.165) is 31.0 Å². The van der Waals surface area contributed by atoms with Crippen molar-refractivity contribution in [2.75, 3.05) is 18.5 Å². The van der Waals surface area contributed by atoms with Crippen molar-refractivity contribution in [2.45, 2.75) is 19.8 Å². The fourth-order valence-corrected chi connectivity index (χ4v) is 1.66. The highest BCUT2D eigenvalue weighted by Gasteiger charge is 2.01. The van der Waals surface area contributed by atoms with Crippen LogP contribution in [-0.2, 0) is 13.5 Å². The predicted octanol–water partition coefficient (Wildman–Crippen LogP) is 1.65. The lowest BCUT2D eigenvalue weighted by Gasteiger charge is -2.07. The van der Waals surface area contributed by atoms with Crippen molar-refractivity contribution in [3.05, 3.63) is 30.6 Å². The van der Waals surface area contributed by atoms with Crippen LogP contribution in [0.25, 0.3) is 0 Å². The zero-order chi connectivity index (χ0) is 13.5. The number of nitrogens with zero attached hydrogens (tertiary/aromatic N) is 4. The van der Waals surface area contributed by atoms with Gasteiger partial charge in [-0.1, -0.05) is 6.92 Å². The molecule has 0 atom stereocenters. The highest BCUT2D eigenvalue weighted by atomic mass is 16.5. The van der Waals surface area contributed by atoms with E-state index >= 15 is 0 Å². The summed E-state index contributed by atoms with van der Waals surface area (Å²) in [5.41, 5.74) is 0. The molecule has 0 saturated carbocycles. The van der Waals surface area contributed by atoms with Gasteiger partial charge in [0.25, 0.3) is 0 Å². The number of hydrogen-bond acceptors (Lipinski definition) is 5. The van der Waals surface area contributed by atoms with Gasteiger partial charge in [-0.15, -0.1) is 0 Å². The summed E-state index contributed by atoms with van der Waals surface area (Å²) in [6.07, 6.45) is 7.06. The zero-order valence-corrected chi connectivity index (χ0v) is 11.3. The van der Waals surface area contributed by atoms with Gasteiger partial charge in [-0.3, -0.25) is 0 Å². The van der Waals surface area contributed by atoms with Gasteiger partial charge < -0.3 is 14.6 Å². The maximum Gasteiger partial charge on any atom is 0.218 e. The number of nitrogens with one attached hydrogen (secondary N) is 1. The Hall–Kier alpha value is -2.11. The molecule has 0 unspecified atom stereocenters. The van der Waals surface area contributed by atoms with Gasteiger partial charge in [0, 0.05) is 38.5 Å². The Morgan fingerprint density at radius 2 is 2.21 bits per heavy atom. The summed E-state index contributed by atoms with van der Waals surface area (Å²) in [4.78, 5) is 12.5. The van der Waals surface area contributed by atoms with Gasteiger partial charge >= 0.3 is 0 Å². The van der Waals surface area contributed by atoms with Crippen molar-refractivity contribution in [3.8, 4) is 5.88 Å². The Kier molecular flexibility index (Phi) is 4.72. The van der Waals surface area contributed by atoms with Gasteiger partial charge in [-0.25, -0.2) is 15.0 Å². The monoisotopic (exact) mass is 261 g/mol. The van der Waals surface area contributed by atoms with E-state index in [2.05, 4.69) is 27.2 Å². The molecule has 0 aliphatic carbocycles. The van der Waals surface area contributed by atoms with Crippen molar-refractivity contribution in [1.82, 2.24) is 19.5 Å². The minimum absolute atomic E-state index is 0.608. The minimum Gasteiger partial charge on any atom is -0.478 e. The van der Waals surface area contributed by atoms with E-state index in [9.17, 15) is 0 Å². The number of rotatable bonds is 7. The standard InChI is InChI=1S/C13H19N5O/c1-3-8-19-13-9-11(16-10-17-13)14-5-4-12-15-6-7-18(12)2/h6-7,9-10H,3-5,8H2,1-2H3,(H,14,16,17). The van der Waals surface area contributed by atoms with Gasteiger partial charge in [0.2, 0.25) is 5.88 Å². The Balaban J connectivity index is 1.84. The van der Waals surface area contributed by atoms with Crippen LogP contribution in [0.2, 0.25) is 0 Å². The number of aryl methyl sites for hydroxylation is 1. The van der Waals surface area contributed by atoms with Gasteiger partial charge in [-0.2, -0.15) is 0 Å². The third-order valence-corrected chi connectivity index (χ3v) is 2.67. The molecule has 1 N–H and O–H groups in total. The maximum atomic E-state index is 5.46. The van der Waals surface area contributed by atoms with Gasteiger partial charge in [0.1, 0.15) is 18.0 Å². The molecule has 2 heterocycles. The molecule has 6 heteroatoms. The van der Waals surface area contributed by atoms with E-state index < -0.39 is 0 Å². The summed E-state index contributed by atoms with van der Waals surface area (Å²) < 4.78 is 7.47. The first-order valence-corrected chi connectivity index (χ1v) is 6.44. The zero-order valence-electron chi connectivity index (χ0n) is 11.3. The molecule has 2 aromatic rings. The van der Waals surface area contributed by atoms with Crippen molar-refractivity contribution in [1.29, 1.82) is 0 Å². The SMILES string of the molecule is CCCOc1cc(NCCc2nccn2C)ncn1. The molecule has 2 aromatic heterocycles. The topological polar surface area (TPSA) is 64.9 Å². The third kappa shape index (κ3) is 3.94. The Bertz CT molecular complexity index is 511. The normalized spacial score (nSPS) is 10.4. The van der Waals surface area contributed by atoms with E-state index in [4.69, 9.17) is 4.74 Å². The maximum absolute atomic E-state index is 5.46. The number of anilines is 1. The van der Waals surface area contributed by atoms with Crippen LogP contribution in [0, 0.1) is 0 Å². The van der Waals surface area contributed by atoms with Crippen LogP contribution in [0.5, 0.6) is 5.88 Å². The van der Waals surface area contributed by atoms with Crippen molar-refractivity contribution in [2.24, 2.45) is 7.05 Å².